The first-order valence-electron chi connectivity index (χ1n) is 5.93. The van der Waals surface area contributed by atoms with Gasteiger partial charge in [-0.25, -0.2) is 4.39 Å². The molecule has 1 amide bonds. The van der Waals surface area contributed by atoms with Gasteiger partial charge in [0.25, 0.3) is 0 Å². The van der Waals surface area contributed by atoms with E-state index in [-0.39, 0.29) is 23.7 Å². The predicted molar refractivity (Wildman–Crippen MR) is 63.9 cm³/mol. The zero-order valence-corrected chi connectivity index (χ0v) is 9.87. The molecule has 1 fully saturated rings. The normalized spacial score (nSPS) is 21.2. The first-order valence-corrected chi connectivity index (χ1v) is 5.93. The van der Waals surface area contributed by atoms with Crippen LogP contribution in [0.4, 0.5) is 4.39 Å². The lowest BCUT2D eigenvalue weighted by molar-refractivity contribution is -0.125. The summed E-state index contributed by atoms with van der Waals surface area (Å²) in [4.78, 5) is 11.9. The number of halogens is 1. The van der Waals surface area contributed by atoms with Gasteiger partial charge in [0.15, 0.2) is 0 Å². The van der Waals surface area contributed by atoms with Crippen molar-refractivity contribution in [1.29, 1.82) is 0 Å². The molecular formula is C13H17FN2O. The smallest absolute Gasteiger partial charge is 0.224 e. The highest BCUT2D eigenvalue weighted by molar-refractivity contribution is 5.79. The molecule has 4 heteroatoms. The van der Waals surface area contributed by atoms with Crippen LogP contribution >= 0.6 is 0 Å². The third-order valence-electron chi connectivity index (χ3n) is 3.16. The molecule has 2 rings (SSSR count). The second-order valence-corrected chi connectivity index (χ2v) is 4.47. The maximum Gasteiger partial charge on any atom is 0.224 e. The fourth-order valence-corrected chi connectivity index (χ4v) is 2.04. The fraction of sp³-hybridized carbons (Fsp3) is 0.462. The molecule has 17 heavy (non-hydrogen) atoms. The molecule has 0 radical (unpaired) electrons. The van der Waals surface area contributed by atoms with Gasteiger partial charge >= 0.3 is 0 Å². The van der Waals surface area contributed by atoms with Crippen molar-refractivity contribution in [3.05, 3.63) is 35.6 Å². The SMILES string of the molecule is C[C@H](NC(=O)C1CCNC1)c1ccc(F)cc1. The maximum atomic E-state index is 12.8. The van der Waals surface area contributed by atoms with E-state index in [9.17, 15) is 9.18 Å². The molecule has 0 spiro atoms. The van der Waals surface area contributed by atoms with Crippen LogP contribution in [-0.2, 0) is 4.79 Å². The van der Waals surface area contributed by atoms with E-state index in [1.807, 2.05) is 6.92 Å². The van der Waals surface area contributed by atoms with Crippen LogP contribution in [-0.4, -0.2) is 19.0 Å². The third-order valence-corrected chi connectivity index (χ3v) is 3.16. The molecule has 1 aromatic rings. The minimum absolute atomic E-state index is 0.0675. The van der Waals surface area contributed by atoms with Gasteiger partial charge in [-0.3, -0.25) is 4.79 Å². The number of carbonyl (C=O) groups is 1. The first-order chi connectivity index (χ1) is 8.16. The van der Waals surface area contributed by atoms with E-state index in [4.69, 9.17) is 0 Å². The molecule has 2 N–H and O–H groups in total. The average Bonchev–Trinajstić information content (AvgIpc) is 2.83. The molecule has 3 nitrogen and oxygen atoms in total. The van der Waals surface area contributed by atoms with Crippen LogP contribution in [0.3, 0.4) is 0 Å². The van der Waals surface area contributed by atoms with E-state index >= 15 is 0 Å². The van der Waals surface area contributed by atoms with Gasteiger partial charge in [-0.2, -0.15) is 0 Å². The van der Waals surface area contributed by atoms with Crippen molar-refractivity contribution in [3.8, 4) is 0 Å². The Bertz CT molecular complexity index is 385. The second kappa shape index (κ2) is 5.27. The van der Waals surface area contributed by atoms with Crippen LogP contribution in [0.5, 0.6) is 0 Å². The highest BCUT2D eigenvalue weighted by atomic mass is 19.1. The van der Waals surface area contributed by atoms with Crippen LogP contribution in [0, 0.1) is 11.7 Å². The molecule has 1 aromatic carbocycles. The highest BCUT2D eigenvalue weighted by Gasteiger charge is 2.23. The van der Waals surface area contributed by atoms with Crippen molar-refractivity contribution in [2.75, 3.05) is 13.1 Å². The predicted octanol–water partition coefficient (Wildman–Crippen LogP) is 1.61. The van der Waals surface area contributed by atoms with Crippen LogP contribution in [0.25, 0.3) is 0 Å². The summed E-state index contributed by atoms with van der Waals surface area (Å²) in [7, 11) is 0. The number of hydrogen-bond donors (Lipinski definition) is 2. The Hall–Kier alpha value is -1.42. The number of benzene rings is 1. The summed E-state index contributed by atoms with van der Waals surface area (Å²) in [5, 5.41) is 6.12. The van der Waals surface area contributed by atoms with Crippen molar-refractivity contribution in [1.82, 2.24) is 10.6 Å². The van der Waals surface area contributed by atoms with Gasteiger partial charge in [-0.05, 0) is 37.6 Å². The largest absolute Gasteiger partial charge is 0.349 e. The molecule has 0 aromatic heterocycles. The number of nitrogens with one attached hydrogen (secondary N) is 2. The number of rotatable bonds is 3. The second-order valence-electron chi connectivity index (χ2n) is 4.47. The summed E-state index contributed by atoms with van der Waals surface area (Å²) in [5.74, 6) is -0.114. The summed E-state index contributed by atoms with van der Waals surface area (Å²) in [6.45, 7) is 3.57. The van der Waals surface area contributed by atoms with Gasteiger partial charge in [0.05, 0.1) is 12.0 Å². The summed E-state index contributed by atoms with van der Waals surface area (Å²) < 4.78 is 12.8. The molecule has 1 aliphatic heterocycles. The van der Waals surface area contributed by atoms with Gasteiger partial charge in [0.2, 0.25) is 5.91 Å². The van der Waals surface area contributed by atoms with Crippen LogP contribution in [0.2, 0.25) is 0 Å². The Kier molecular flexibility index (Phi) is 3.74. The Morgan fingerprint density at radius 1 is 1.47 bits per heavy atom. The quantitative estimate of drug-likeness (QED) is 0.837. The Balaban J connectivity index is 1.93. The Morgan fingerprint density at radius 3 is 2.76 bits per heavy atom. The topological polar surface area (TPSA) is 41.1 Å². The average molecular weight is 236 g/mol. The van der Waals surface area contributed by atoms with Crippen molar-refractivity contribution >= 4 is 5.91 Å². The number of amides is 1. The minimum atomic E-state index is -0.257. The van der Waals surface area contributed by atoms with E-state index in [1.54, 1.807) is 12.1 Å². The summed E-state index contributed by atoms with van der Waals surface area (Å²) in [5.41, 5.74) is 0.922. The number of carbonyl (C=O) groups excluding carboxylic acids is 1. The van der Waals surface area contributed by atoms with Crippen LogP contribution in [0.15, 0.2) is 24.3 Å². The van der Waals surface area contributed by atoms with Crippen LogP contribution < -0.4 is 10.6 Å². The molecule has 2 atom stereocenters. The van der Waals surface area contributed by atoms with E-state index in [1.165, 1.54) is 12.1 Å². The van der Waals surface area contributed by atoms with Crippen LogP contribution in [0.1, 0.15) is 24.9 Å². The third kappa shape index (κ3) is 3.03. The lowest BCUT2D eigenvalue weighted by Crippen LogP contribution is -2.33. The standard InChI is InChI=1S/C13H17FN2O/c1-9(10-2-4-12(14)5-3-10)16-13(17)11-6-7-15-8-11/h2-5,9,11,15H,6-8H2,1H3,(H,16,17)/t9-,11?/m0/s1. The maximum absolute atomic E-state index is 12.8. The van der Waals surface area contributed by atoms with Gasteiger partial charge in [-0.15, -0.1) is 0 Å². The van der Waals surface area contributed by atoms with Gasteiger partial charge in [0, 0.05) is 6.54 Å². The molecular weight excluding hydrogens is 219 g/mol. The van der Waals surface area contributed by atoms with Crippen molar-refractivity contribution in [2.24, 2.45) is 5.92 Å². The van der Waals surface area contributed by atoms with E-state index in [2.05, 4.69) is 10.6 Å². The van der Waals surface area contributed by atoms with Gasteiger partial charge in [0.1, 0.15) is 5.82 Å². The molecule has 1 aliphatic rings. The molecule has 0 saturated carbocycles. The molecule has 1 unspecified atom stereocenters. The Labute approximate surface area is 100 Å². The molecule has 0 aliphatic carbocycles. The summed E-state index contributed by atoms with van der Waals surface area (Å²) in [6, 6.07) is 6.15. The zero-order valence-electron chi connectivity index (χ0n) is 9.87. The summed E-state index contributed by atoms with van der Waals surface area (Å²) >= 11 is 0. The monoisotopic (exact) mass is 236 g/mol. The van der Waals surface area contributed by atoms with Crippen molar-refractivity contribution in [3.63, 3.8) is 0 Å². The summed E-state index contributed by atoms with van der Waals surface area (Å²) in [6.07, 6.45) is 0.891. The zero-order chi connectivity index (χ0) is 12.3. The van der Waals surface area contributed by atoms with Gasteiger partial charge < -0.3 is 10.6 Å². The molecule has 1 heterocycles. The Morgan fingerprint density at radius 2 is 2.18 bits per heavy atom. The minimum Gasteiger partial charge on any atom is -0.349 e. The lowest BCUT2D eigenvalue weighted by Gasteiger charge is -2.17. The van der Waals surface area contributed by atoms with Crippen molar-refractivity contribution < 1.29 is 9.18 Å². The molecule has 92 valence electrons. The molecule has 1 saturated heterocycles. The van der Waals surface area contributed by atoms with E-state index in [0.29, 0.717) is 0 Å². The fourth-order valence-electron chi connectivity index (χ4n) is 2.04. The van der Waals surface area contributed by atoms with Crippen molar-refractivity contribution in [2.45, 2.75) is 19.4 Å². The molecule has 0 bridgehead atoms. The van der Waals surface area contributed by atoms with E-state index < -0.39 is 0 Å². The van der Waals surface area contributed by atoms with E-state index in [0.717, 1.165) is 25.1 Å². The first kappa shape index (κ1) is 12.0. The lowest BCUT2D eigenvalue weighted by atomic mass is 10.1. The number of hydrogen-bond acceptors (Lipinski definition) is 2. The van der Waals surface area contributed by atoms with Gasteiger partial charge in [-0.1, -0.05) is 12.1 Å². The highest BCUT2D eigenvalue weighted by Crippen LogP contribution is 2.15.